The van der Waals surface area contributed by atoms with Gasteiger partial charge >= 0.3 is 0 Å². The summed E-state index contributed by atoms with van der Waals surface area (Å²) in [5, 5.41) is 7.04. The van der Waals surface area contributed by atoms with E-state index in [4.69, 9.17) is 0 Å². The molecule has 0 aromatic carbocycles. The molecule has 2 N–H and O–H groups in total. The van der Waals surface area contributed by atoms with Crippen molar-refractivity contribution in [2.45, 2.75) is 69.9 Å². The van der Waals surface area contributed by atoms with Gasteiger partial charge in [0.05, 0.1) is 0 Å². The van der Waals surface area contributed by atoms with E-state index in [1.807, 2.05) is 7.05 Å². The van der Waals surface area contributed by atoms with Crippen LogP contribution < -0.4 is 10.6 Å². The molecule has 3 aliphatic carbocycles. The van der Waals surface area contributed by atoms with E-state index in [0.717, 1.165) is 63.4 Å². The molecule has 160 valence electrons. The van der Waals surface area contributed by atoms with Crippen LogP contribution in [0.2, 0.25) is 0 Å². The molecule has 0 bridgehead atoms. The number of aliphatic imine (C=N–C) groups is 1. The number of hydrogen-bond acceptors (Lipinski definition) is 3. The molecule has 4 aliphatic rings. The average molecular weight is 503 g/mol. The number of halogens is 1. The molecule has 4 rings (SSSR count). The van der Waals surface area contributed by atoms with Crippen molar-refractivity contribution in [3.63, 3.8) is 0 Å². The van der Waals surface area contributed by atoms with Gasteiger partial charge in [0.2, 0.25) is 5.91 Å². The van der Waals surface area contributed by atoms with Crippen molar-refractivity contribution in [2.24, 2.45) is 16.8 Å². The molecule has 6 nitrogen and oxygen atoms in total. The number of guanidine groups is 1. The summed E-state index contributed by atoms with van der Waals surface area (Å²) in [7, 11) is 1.84. The van der Waals surface area contributed by atoms with E-state index in [1.54, 1.807) is 0 Å². The summed E-state index contributed by atoms with van der Waals surface area (Å²) in [6.45, 7) is 5.06. The van der Waals surface area contributed by atoms with Gasteiger partial charge in [-0.25, -0.2) is 0 Å². The number of likely N-dealkylation sites (tertiary alicyclic amines) is 1. The van der Waals surface area contributed by atoms with E-state index in [1.165, 1.54) is 45.1 Å². The molecule has 1 aliphatic heterocycles. The van der Waals surface area contributed by atoms with Crippen LogP contribution in [-0.2, 0) is 4.79 Å². The Bertz CT molecular complexity index is 543. The Labute approximate surface area is 187 Å². The average Bonchev–Trinajstić information content (AvgIpc) is 3.58. The zero-order chi connectivity index (χ0) is 18.6. The summed E-state index contributed by atoms with van der Waals surface area (Å²) in [6, 6.07) is 1.17. The minimum absolute atomic E-state index is 0. The molecule has 7 heteroatoms. The van der Waals surface area contributed by atoms with Crippen molar-refractivity contribution in [3.05, 3.63) is 0 Å². The zero-order valence-corrected chi connectivity index (χ0v) is 19.7. The van der Waals surface area contributed by atoms with E-state index in [9.17, 15) is 4.79 Å². The zero-order valence-electron chi connectivity index (χ0n) is 17.4. The number of nitrogens with one attached hydrogen (secondary N) is 2. The van der Waals surface area contributed by atoms with Gasteiger partial charge in [0.15, 0.2) is 5.96 Å². The Kier molecular flexibility index (Phi) is 8.26. The number of nitrogens with zero attached hydrogens (tertiary/aromatic N) is 3. The highest BCUT2D eigenvalue weighted by atomic mass is 127. The van der Waals surface area contributed by atoms with Gasteiger partial charge in [0, 0.05) is 57.8 Å². The lowest BCUT2D eigenvalue weighted by Crippen LogP contribution is -2.47. The predicted octanol–water partition coefficient (Wildman–Crippen LogP) is 2.43. The summed E-state index contributed by atoms with van der Waals surface area (Å²) in [4.78, 5) is 21.8. The van der Waals surface area contributed by atoms with E-state index in [0.29, 0.717) is 17.9 Å². The number of rotatable bonds is 8. The summed E-state index contributed by atoms with van der Waals surface area (Å²) < 4.78 is 0. The summed E-state index contributed by atoms with van der Waals surface area (Å²) >= 11 is 0. The van der Waals surface area contributed by atoms with Gasteiger partial charge in [-0.05, 0) is 50.9 Å². The highest BCUT2D eigenvalue weighted by Gasteiger charge is 2.34. The van der Waals surface area contributed by atoms with Gasteiger partial charge in [0.25, 0.3) is 0 Å². The molecule has 0 aromatic heterocycles. The van der Waals surface area contributed by atoms with E-state index in [-0.39, 0.29) is 24.0 Å². The highest BCUT2D eigenvalue weighted by Crippen LogP contribution is 2.34. The lowest BCUT2D eigenvalue weighted by molar-refractivity contribution is -0.134. The summed E-state index contributed by atoms with van der Waals surface area (Å²) in [5.41, 5.74) is 0. The first-order chi connectivity index (χ1) is 13.2. The van der Waals surface area contributed by atoms with Crippen LogP contribution in [0.25, 0.3) is 0 Å². The Hall–Kier alpha value is -0.570. The molecule has 0 radical (unpaired) electrons. The predicted molar refractivity (Wildman–Crippen MR) is 124 cm³/mol. The largest absolute Gasteiger partial charge is 0.355 e. The van der Waals surface area contributed by atoms with Gasteiger partial charge in [0.1, 0.15) is 0 Å². The molecule has 1 heterocycles. The summed E-state index contributed by atoms with van der Waals surface area (Å²) in [6.07, 6.45) is 11.3. The lowest BCUT2D eigenvalue weighted by atomic mass is 10.1. The van der Waals surface area contributed by atoms with Gasteiger partial charge in [-0.2, -0.15) is 0 Å². The molecule has 1 amide bonds. The monoisotopic (exact) mass is 503 g/mol. The van der Waals surface area contributed by atoms with E-state index in [2.05, 4.69) is 25.4 Å². The van der Waals surface area contributed by atoms with E-state index >= 15 is 0 Å². The van der Waals surface area contributed by atoms with Crippen LogP contribution in [0.4, 0.5) is 0 Å². The minimum atomic E-state index is 0. The Morgan fingerprint density at radius 3 is 2.50 bits per heavy atom. The van der Waals surface area contributed by atoms with Crippen LogP contribution in [-0.4, -0.2) is 73.5 Å². The molecule has 28 heavy (non-hydrogen) atoms. The normalized spacial score (nSPS) is 25.9. The first kappa shape index (κ1) is 22.1. The second-order valence-electron chi connectivity index (χ2n) is 9.06. The fourth-order valence-corrected chi connectivity index (χ4v) is 4.71. The third-order valence-corrected chi connectivity index (χ3v) is 6.71. The van der Waals surface area contributed by atoms with Crippen molar-refractivity contribution >= 4 is 35.8 Å². The maximum absolute atomic E-state index is 12.6. The Morgan fingerprint density at radius 1 is 1.11 bits per heavy atom. The standard InChI is InChI=1S/C21H37N5O.HI/c1-22-21(23-11-13-25(19-8-9-19)14-16-6-7-16)24-18-10-12-26(15-18)20(27)17-4-2-3-5-17;/h16-19H,2-15H2,1H3,(H2,22,23,24);1H. The second-order valence-corrected chi connectivity index (χ2v) is 9.06. The third-order valence-electron chi connectivity index (χ3n) is 6.71. The number of carbonyl (C=O) groups is 1. The van der Waals surface area contributed by atoms with Crippen LogP contribution >= 0.6 is 24.0 Å². The van der Waals surface area contributed by atoms with Crippen molar-refractivity contribution in [1.82, 2.24) is 20.4 Å². The number of amides is 1. The topological polar surface area (TPSA) is 60.0 Å². The molecular weight excluding hydrogens is 465 g/mol. The maximum atomic E-state index is 12.6. The summed E-state index contributed by atoms with van der Waals surface area (Å²) in [5.74, 6) is 2.53. The Balaban J connectivity index is 0.00000225. The molecular formula is C21H38IN5O. The maximum Gasteiger partial charge on any atom is 0.225 e. The fourth-order valence-electron chi connectivity index (χ4n) is 4.71. The van der Waals surface area contributed by atoms with Crippen LogP contribution in [0.1, 0.15) is 57.8 Å². The van der Waals surface area contributed by atoms with Crippen molar-refractivity contribution in [1.29, 1.82) is 0 Å². The third kappa shape index (κ3) is 6.21. The molecule has 0 spiro atoms. The highest BCUT2D eigenvalue weighted by molar-refractivity contribution is 14.0. The fraction of sp³-hybridized carbons (Fsp3) is 0.905. The smallest absolute Gasteiger partial charge is 0.225 e. The second kappa shape index (κ2) is 10.5. The molecule has 0 aromatic rings. The number of hydrogen-bond donors (Lipinski definition) is 2. The van der Waals surface area contributed by atoms with Crippen LogP contribution in [0.5, 0.6) is 0 Å². The molecule has 1 saturated heterocycles. The SMILES string of the molecule is CN=C(NCCN(CC1CC1)C1CC1)NC1CCN(C(=O)C2CCCC2)C1.I. The Morgan fingerprint density at radius 2 is 1.86 bits per heavy atom. The van der Waals surface area contributed by atoms with Crippen LogP contribution in [0.3, 0.4) is 0 Å². The van der Waals surface area contributed by atoms with Gasteiger partial charge in [-0.15, -0.1) is 24.0 Å². The quantitative estimate of drug-likeness (QED) is 0.304. The first-order valence-electron chi connectivity index (χ1n) is 11.2. The number of carbonyl (C=O) groups excluding carboxylic acids is 1. The van der Waals surface area contributed by atoms with Gasteiger partial charge in [-0.1, -0.05) is 12.8 Å². The van der Waals surface area contributed by atoms with Crippen molar-refractivity contribution in [2.75, 3.05) is 39.8 Å². The molecule has 1 atom stereocenters. The van der Waals surface area contributed by atoms with Gasteiger partial charge in [-0.3, -0.25) is 14.7 Å². The minimum Gasteiger partial charge on any atom is -0.355 e. The van der Waals surface area contributed by atoms with E-state index < -0.39 is 0 Å². The van der Waals surface area contributed by atoms with Crippen molar-refractivity contribution < 1.29 is 4.79 Å². The van der Waals surface area contributed by atoms with Crippen LogP contribution in [0.15, 0.2) is 4.99 Å². The first-order valence-corrected chi connectivity index (χ1v) is 11.2. The van der Waals surface area contributed by atoms with Crippen LogP contribution in [0, 0.1) is 11.8 Å². The molecule has 1 unspecified atom stereocenters. The lowest BCUT2D eigenvalue weighted by Gasteiger charge is -2.24. The van der Waals surface area contributed by atoms with Gasteiger partial charge < -0.3 is 15.5 Å². The van der Waals surface area contributed by atoms with Crippen molar-refractivity contribution in [3.8, 4) is 0 Å². The molecule has 4 fully saturated rings. The molecule has 3 saturated carbocycles.